The van der Waals surface area contributed by atoms with Crippen LogP contribution in [0.25, 0.3) is 65.7 Å². The molecule has 0 fully saturated rings. The molecule has 0 aliphatic rings. The van der Waals surface area contributed by atoms with Crippen molar-refractivity contribution in [2.75, 3.05) is 0 Å². The summed E-state index contributed by atoms with van der Waals surface area (Å²) in [7, 11) is 0. The van der Waals surface area contributed by atoms with Gasteiger partial charge < -0.3 is 14.4 Å². The summed E-state index contributed by atoms with van der Waals surface area (Å²) < 4.78 is 7.92. The van der Waals surface area contributed by atoms with Gasteiger partial charge in [0.15, 0.2) is 0 Å². The van der Waals surface area contributed by atoms with E-state index in [4.69, 9.17) is 9.40 Å². The van der Waals surface area contributed by atoms with Gasteiger partial charge in [-0.15, -0.1) is 65.4 Å². The predicted octanol–water partition coefficient (Wildman–Crippen LogP) is 12.2. The van der Waals surface area contributed by atoms with Gasteiger partial charge in [0.1, 0.15) is 5.58 Å². The molecule has 0 aliphatic carbocycles. The zero-order chi connectivity index (χ0) is 32.7. The van der Waals surface area contributed by atoms with Gasteiger partial charge in [-0.1, -0.05) is 67.3 Å². The number of thiophene rings is 1. The Labute approximate surface area is 300 Å². The van der Waals surface area contributed by atoms with Crippen molar-refractivity contribution in [2.24, 2.45) is 0 Å². The zero-order valence-electron chi connectivity index (χ0n) is 27.9. The Morgan fingerprint density at radius 1 is 0.729 bits per heavy atom. The summed E-state index contributed by atoms with van der Waals surface area (Å²) in [5.74, 6) is 0.370. The zero-order valence-corrected chi connectivity index (χ0v) is 31.1. The number of aromatic nitrogens is 2. The first-order valence-electron chi connectivity index (χ1n) is 16.0. The van der Waals surface area contributed by atoms with Gasteiger partial charge in [0.05, 0.1) is 5.58 Å². The maximum absolute atomic E-state index is 6.65. The van der Waals surface area contributed by atoms with Crippen molar-refractivity contribution in [1.29, 1.82) is 0 Å². The van der Waals surface area contributed by atoms with Crippen molar-refractivity contribution < 1.29 is 24.5 Å². The molecule has 4 aromatic heterocycles. The maximum atomic E-state index is 6.65. The molecule has 0 spiro atoms. The van der Waals surface area contributed by atoms with E-state index in [1.807, 2.05) is 66.1 Å². The Kier molecular flexibility index (Phi) is 9.75. The van der Waals surface area contributed by atoms with Gasteiger partial charge >= 0.3 is 0 Å². The van der Waals surface area contributed by atoms with E-state index >= 15 is 0 Å². The molecular weight excluding hydrogens is 785 g/mol. The van der Waals surface area contributed by atoms with Crippen LogP contribution in [0.2, 0.25) is 0 Å². The first-order valence-corrected chi connectivity index (χ1v) is 16.8. The summed E-state index contributed by atoms with van der Waals surface area (Å²) >= 11 is 1.83. The Balaban J connectivity index is 0.000000260. The number of hydrogen-bond acceptors (Lipinski definition) is 4. The van der Waals surface area contributed by atoms with Gasteiger partial charge in [-0.2, -0.15) is 0 Å². The second kappa shape index (κ2) is 14.0. The van der Waals surface area contributed by atoms with Crippen molar-refractivity contribution in [1.82, 2.24) is 9.97 Å². The maximum Gasteiger partial charge on any atom is 0.129 e. The molecule has 0 saturated carbocycles. The molecule has 0 unspecified atom stereocenters. The molecule has 4 heterocycles. The van der Waals surface area contributed by atoms with Crippen molar-refractivity contribution in [3.8, 4) is 33.6 Å². The van der Waals surface area contributed by atoms with Crippen molar-refractivity contribution >= 4 is 43.4 Å². The molecule has 4 aromatic carbocycles. The topological polar surface area (TPSA) is 38.9 Å². The number of nitrogens with zero attached hydrogens (tertiary/aromatic N) is 2. The fraction of sp³-hybridized carbons (Fsp3) is 0.163. The van der Waals surface area contributed by atoms with Crippen molar-refractivity contribution in [3.05, 3.63) is 143 Å². The normalized spacial score (nSPS) is 11.1. The molecule has 0 atom stereocenters. The first-order chi connectivity index (χ1) is 22.8. The Morgan fingerprint density at radius 2 is 1.50 bits per heavy atom. The van der Waals surface area contributed by atoms with Gasteiger partial charge in [-0.25, -0.2) is 0 Å². The fourth-order valence-corrected chi connectivity index (χ4v) is 7.50. The minimum absolute atomic E-state index is 0. The van der Waals surface area contributed by atoms with Crippen LogP contribution in [0.3, 0.4) is 0 Å². The molecule has 0 saturated heterocycles. The van der Waals surface area contributed by atoms with Gasteiger partial charge in [-0.05, 0) is 90.5 Å². The van der Waals surface area contributed by atoms with Crippen LogP contribution >= 0.6 is 11.3 Å². The third-order valence-electron chi connectivity index (χ3n) is 8.94. The average molecular weight is 821 g/mol. The summed E-state index contributed by atoms with van der Waals surface area (Å²) in [6.07, 6.45) is 3.83. The van der Waals surface area contributed by atoms with E-state index < -0.39 is 0 Å². The van der Waals surface area contributed by atoms with E-state index in [0.717, 1.165) is 44.5 Å². The van der Waals surface area contributed by atoms with Gasteiger partial charge in [0.25, 0.3) is 0 Å². The van der Waals surface area contributed by atoms with E-state index in [9.17, 15) is 0 Å². The smallest absolute Gasteiger partial charge is 0.129 e. The van der Waals surface area contributed by atoms with Crippen LogP contribution in [-0.4, -0.2) is 9.97 Å². The van der Waals surface area contributed by atoms with Crippen LogP contribution in [0.5, 0.6) is 0 Å². The number of aryl methyl sites for hydroxylation is 4. The Bertz CT molecular complexity index is 2310. The monoisotopic (exact) mass is 821 g/mol. The predicted molar refractivity (Wildman–Crippen MR) is 198 cm³/mol. The second-order valence-corrected chi connectivity index (χ2v) is 13.6. The molecule has 8 aromatic rings. The standard InChI is InChI=1S/C32H28NOS.C11H8N.Ir/c1-17(2)26-16-33-27(15-25(26)29-18(3)9-7-10-19(29)4)24-12-8-11-22-23-13-14-28-30(20(5)21(6)35-28)32(23)34-31(22)24;1-2-6-10(7-3-1)11-8-4-5-9-12-11;/h7-11,13-17H,1-6H3;1-6,8-9H;/q2*-1;. The number of rotatable bonds is 4. The molecule has 5 heteroatoms. The minimum atomic E-state index is 0. The summed E-state index contributed by atoms with van der Waals surface area (Å²) in [6, 6.07) is 37.5. The van der Waals surface area contributed by atoms with E-state index in [1.54, 1.807) is 6.20 Å². The van der Waals surface area contributed by atoms with Crippen LogP contribution in [0, 0.1) is 39.8 Å². The molecular formula is C43H36IrN2OS-2. The number of furan rings is 1. The number of benzene rings is 4. The van der Waals surface area contributed by atoms with E-state index in [0.29, 0.717) is 5.92 Å². The summed E-state index contributed by atoms with van der Waals surface area (Å²) in [5.41, 5.74) is 13.3. The molecule has 8 rings (SSSR count). The molecule has 0 amide bonds. The molecule has 0 bridgehead atoms. The number of hydrogen-bond donors (Lipinski definition) is 0. The fourth-order valence-electron chi connectivity index (χ4n) is 6.43. The summed E-state index contributed by atoms with van der Waals surface area (Å²) in [4.78, 5) is 10.5. The largest absolute Gasteiger partial charge is 0.500 e. The van der Waals surface area contributed by atoms with Crippen LogP contribution in [0.15, 0.2) is 108 Å². The van der Waals surface area contributed by atoms with Crippen molar-refractivity contribution in [2.45, 2.75) is 47.5 Å². The molecule has 1 radical (unpaired) electrons. The van der Waals surface area contributed by atoms with Crippen LogP contribution in [-0.2, 0) is 20.1 Å². The SMILES string of the molecule is Cc1cccc(C)c1-c1cc(-c2[c-]ccc3c2oc2c3ccc3sc(C)c(C)c32)ncc1C(C)C.[Ir].[c-]1ccccc1-c1ccccn1. The summed E-state index contributed by atoms with van der Waals surface area (Å²) in [6.45, 7) is 13.2. The third kappa shape index (κ3) is 6.15. The molecule has 0 aliphatic heterocycles. The van der Waals surface area contributed by atoms with Gasteiger partial charge in [0.2, 0.25) is 0 Å². The van der Waals surface area contributed by atoms with E-state index in [1.165, 1.54) is 48.3 Å². The van der Waals surface area contributed by atoms with Gasteiger partial charge in [-0.3, -0.25) is 0 Å². The molecule has 0 N–H and O–H groups in total. The molecule has 3 nitrogen and oxygen atoms in total. The Hall–Kier alpha value is -4.41. The quantitative estimate of drug-likeness (QED) is 0.166. The van der Waals surface area contributed by atoms with Crippen molar-refractivity contribution in [3.63, 3.8) is 0 Å². The van der Waals surface area contributed by atoms with E-state index in [-0.39, 0.29) is 20.1 Å². The third-order valence-corrected chi connectivity index (χ3v) is 10.1. The second-order valence-electron chi connectivity index (χ2n) is 12.4. The minimum Gasteiger partial charge on any atom is -0.500 e. The van der Waals surface area contributed by atoms with Crippen LogP contribution in [0.1, 0.15) is 46.9 Å². The average Bonchev–Trinajstić information content (AvgIpc) is 3.61. The molecule has 48 heavy (non-hydrogen) atoms. The number of pyridine rings is 2. The van der Waals surface area contributed by atoms with E-state index in [2.05, 4.69) is 101 Å². The Morgan fingerprint density at radius 3 is 2.21 bits per heavy atom. The van der Waals surface area contributed by atoms with Crippen LogP contribution in [0.4, 0.5) is 0 Å². The van der Waals surface area contributed by atoms with Crippen LogP contribution < -0.4 is 0 Å². The first kappa shape index (κ1) is 33.5. The van der Waals surface area contributed by atoms with Gasteiger partial charge in [0, 0.05) is 52.8 Å². The number of fused-ring (bicyclic) bond motifs is 5. The molecule has 241 valence electrons. The summed E-state index contributed by atoms with van der Waals surface area (Å²) in [5, 5.41) is 3.49.